The Balaban J connectivity index is 1.83. The smallest absolute Gasteiger partial charge is 0.261 e. The van der Waals surface area contributed by atoms with Gasteiger partial charge in [-0.1, -0.05) is 93.1 Å². The predicted octanol–water partition coefficient (Wildman–Crippen LogP) is 5.47. The summed E-state index contributed by atoms with van der Waals surface area (Å²) < 4.78 is 12.7. The van der Waals surface area contributed by atoms with Crippen LogP contribution in [0.3, 0.4) is 0 Å². The normalized spacial score (nSPS) is 19.2. The van der Waals surface area contributed by atoms with E-state index in [0.717, 1.165) is 12.8 Å². The summed E-state index contributed by atoms with van der Waals surface area (Å²) >= 11 is 0. The number of allylic oxidation sites excluding steroid dienone is 1. The van der Waals surface area contributed by atoms with E-state index in [4.69, 9.17) is 9.16 Å². The van der Waals surface area contributed by atoms with Gasteiger partial charge in [-0.3, -0.25) is 0 Å². The van der Waals surface area contributed by atoms with Crippen LogP contribution in [-0.2, 0) is 9.16 Å². The first-order valence-electron chi connectivity index (χ1n) is 10.8. The number of rotatable bonds is 8. The molecule has 3 rings (SSSR count). The fraction of sp³-hybridized carbons (Fsp3) is 0.462. The van der Waals surface area contributed by atoms with Crippen LogP contribution in [0.4, 0.5) is 0 Å². The average molecular weight is 409 g/mol. The van der Waals surface area contributed by atoms with E-state index >= 15 is 0 Å². The maximum absolute atomic E-state index is 6.93. The van der Waals surface area contributed by atoms with Crippen molar-refractivity contribution in [3.05, 3.63) is 72.3 Å². The first kappa shape index (κ1) is 22.0. The lowest BCUT2D eigenvalue weighted by Crippen LogP contribution is -2.66. The largest absolute Gasteiger partial charge is 0.404 e. The van der Waals surface area contributed by atoms with Gasteiger partial charge < -0.3 is 9.16 Å². The highest BCUT2D eigenvalue weighted by Gasteiger charge is 2.50. The van der Waals surface area contributed by atoms with Gasteiger partial charge in [0, 0.05) is 0 Å². The van der Waals surface area contributed by atoms with Gasteiger partial charge in [0.25, 0.3) is 8.32 Å². The first-order valence-corrected chi connectivity index (χ1v) is 12.7. The van der Waals surface area contributed by atoms with Crippen LogP contribution in [0.15, 0.2) is 72.3 Å². The average Bonchev–Trinajstić information content (AvgIpc) is 3.30. The van der Waals surface area contributed by atoms with Crippen LogP contribution >= 0.6 is 0 Å². The topological polar surface area (TPSA) is 21.8 Å². The zero-order valence-corrected chi connectivity index (χ0v) is 19.9. The molecule has 0 saturated carbocycles. The Morgan fingerprint density at radius 3 is 1.90 bits per heavy atom. The van der Waals surface area contributed by atoms with E-state index in [9.17, 15) is 0 Å². The molecule has 0 aromatic heterocycles. The van der Waals surface area contributed by atoms with Crippen LogP contribution in [0.2, 0.25) is 5.04 Å². The van der Waals surface area contributed by atoms with Crippen molar-refractivity contribution in [1.29, 1.82) is 0 Å². The molecular formula is C26H36O2Si. The van der Waals surface area contributed by atoms with Gasteiger partial charge in [-0.05, 0) is 49.0 Å². The molecule has 1 aliphatic heterocycles. The van der Waals surface area contributed by atoms with E-state index in [2.05, 4.69) is 108 Å². The maximum atomic E-state index is 6.93. The maximum Gasteiger partial charge on any atom is 0.261 e. The lowest BCUT2D eigenvalue weighted by atomic mass is 10.0. The summed E-state index contributed by atoms with van der Waals surface area (Å²) in [5, 5.41) is 2.68. The number of epoxide rings is 1. The molecule has 0 bridgehead atoms. The highest BCUT2D eigenvalue weighted by Crippen LogP contribution is 2.39. The molecule has 0 aliphatic carbocycles. The van der Waals surface area contributed by atoms with E-state index in [1.165, 1.54) is 15.9 Å². The lowest BCUT2D eigenvalue weighted by molar-refractivity contribution is 0.319. The Labute approximate surface area is 178 Å². The summed E-state index contributed by atoms with van der Waals surface area (Å²) in [4.78, 5) is 0. The molecule has 1 aliphatic rings. The molecule has 2 nitrogen and oxygen atoms in total. The first-order chi connectivity index (χ1) is 13.7. The molecule has 0 N–H and O–H groups in total. The van der Waals surface area contributed by atoms with Crippen molar-refractivity contribution >= 4 is 18.7 Å². The quantitative estimate of drug-likeness (QED) is 0.328. The predicted molar refractivity (Wildman–Crippen MR) is 126 cm³/mol. The minimum atomic E-state index is -2.44. The highest BCUT2D eigenvalue weighted by molar-refractivity contribution is 6.99. The monoisotopic (exact) mass is 408 g/mol. The van der Waals surface area contributed by atoms with Crippen molar-refractivity contribution in [3.63, 3.8) is 0 Å². The minimum Gasteiger partial charge on any atom is -0.404 e. The van der Waals surface area contributed by atoms with Crippen molar-refractivity contribution in [2.75, 3.05) is 6.61 Å². The van der Waals surface area contributed by atoms with Gasteiger partial charge in [0.1, 0.15) is 0 Å². The summed E-state index contributed by atoms with van der Waals surface area (Å²) in [5.74, 6) is 0. The molecule has 2 aromatic rings. The van der Waals surface area contributed by atoms with Gasteiger partial charge in [-0.2, -0.15) is 0 Å². The third-order valence-electron chi connectivity index (χ3n) is 6.11. The molecule has 0 radical (unpaired) electrons. The summed E-state index contributed by atoms with van der Waals surface area (Å²) in [6, 6.07) is 21.7. The number of hydrogen-bond donors (Lipinski definition) is 0. The van der Waals surface area contributed by atoms with Gasteiger partial charge in [-0.25, -0.2) is 0 Å². The van der Waals surface area contributed by atoms with Crippen molar-refractivity contribution < 1.29 is 9.16 Å². The van der Waals surface area contributed by atoms with Gasteiger partial charge in [0.2, 0.25) is 0 Å². The summed E-state index contributed by atoms with van der Waals surface area (Å²) in [7, 11) is -2.44. The SMILES string of the molecule is C/C(=C\CO[Si](c1ccccc1)(c1ccccc1)C(C)(C)C)CC[C@@H]1OC1(C)C. The van der Waals surface area contributed by atoms with E-state index < -0.39 is 8.32 Å². The Bertz CT molecular complexity index is 779. The van der Waals surface area contributed by atoms with Gasteiger partial charge >= 0.3 is 0 Å². The molecule has 29 heavy (non-hydrogen) atoms. The lowest BCUT2D eigenvalue weighted by Gasteiger charge is -2.42. The molecule has 1 heterocycles. The van der Waals surface area contributed by atoms with E-state index in [1.54, 1.807) is 0 Å². The Kier molecular flexibility index (Phi) is 6.52. The van der Waals surface area contributed by atoms with E-state index in [-0.39, 0.29) is 10.6 Å². The van der Waals surface area contributed by atoms with Gasteiger partial charge in [-0.15, -0.1) is 0 Å². The van der Waals surface area contributed by atoms with Crippen LogP contribution < -0.4 is 10.4 Å². The molecular weight excluding hydrogens is 372 g/mol. The Morgan fingerprint density at radius 2 is 1.48 bits per heavy atom. The van der Waals surface area contributed by atoms with Crippen LogP contribution in [0.25, 0.3) is 0 Å². The molecule has 0 unspecified atom stereocenters. The van der Waals surface area contributed by atoms with E-state index in [1.807, 2.05) is 0 Å². The van der Waals surface area contributed by atoms with Crippen LogP contribution in [0, 0.1) is 0 Å². The van der Waals surface area contributed by atoms with Crippen molar-refractivity contribution in [3.8, 4) is 0 Å². The van der Waals surface area contributed by atoms with Gasteiger partial charge in [0.05, 0.1) is 18.3 Å². The van der Waals surface area contributed by atoms with Crippen molar-refractivity contribution in [2.45, 2.75) is 71.1 Å². The molecule has 0 spiro atoms. The zero-order valence-electron chi connectivity index (χ0n) is 18.9. The molecule has 156 valence electrons. The van der Waals surface area contributed by atoms with E-state index in [0.29, 0.717) is 12.7 Å². The third-order valence-corrected chi connectivity index (χ3v) is 11.1. The number of hydrogen-bond acceptors (Lipinski definition) is 2. The summed E-state index contributed by atoms with van der Waals surface area (Å²) in [6.45, 7) is 14.2. The second-order valence-corrected chi connectivity index (χ2v) is 14.1. The minimum absolute atomic E-state index is 0.0172. The molecule has 3 heteroatoms. The number of ether oxygens (including phenoxy) is 1. The van der Waals surface area contributed by atoms with Crippen LogP contribution in [-0.4, -0.2) is 26.6 Å². The Morgan fingerprint density at radius 1 is 1.00 bits per heavy atom. The van der Waals surface area contributed by atoms with Crippen LogP contribution in [0.1, 0.15) is 54.4 Å². The van der Waals surface area contributed by atoms with Crippen molar-refractivity contribution in [1.82, 2.24) is 0 Å². The molecule has 0 amide bonds. The fourth-order valence-corrected chi connectivity index (χ4v) is 8.76. The number of benzene rings is 2. The van der Waals surface area contributed by atoms with Gasteiger partial charge in [0.15, 0.2) is 0 Å². The zero-order chi connectivity index (χ0) is 21.1. The second kappa shape index (κ2) is 8.59. The molecule has 1 saturated heterocycles. The Hall–Kier alpha value is -1.68. The summed E-state index contributed by atoms with van der Waals surface area (Å²) in [6.07, 6.45) is 4.84. The molecule has 1 atom stereocenters. The second-order valence-electron chi connectivity index (χ2n) is 9.77. The highest BCUT2D eigenvalue weighted by atomic mass is 28.4. The molecule has 2 aromatic carbocycles. The summed E-state index contributed by atoms with van der Waals surface area (Å²) in [5.41, 5.74) is 1.46. The third kappa shape index (κ3) is 4.91. The fourth-order valence-electron chi connectivity index (χ4n) is 4.27. The van der Waals surface area contributed by atoms with Crippen LogP contribution in [0.5, 0.6) is 0 Å². The molecule has 1 fully saturated rings. The van der Waals surface area contributed by atoms with Crippen molar-refractivity contribution in [2.24, 2.45) is 0 Å². The standard InChI is InChI=1S/C26H36O2Si/c1-21(17-18-24-26(5,6)28-24)19-20-27-29(25(2,3)4,22-13-9-7-10-14-22)23-15-11-8-12-16-23/h7-16,19,24H,17-18,20H2,1-6H3/b21-19+/t24-/m0/s1.